The lowest BCUT2D eigenvalue weighted by atomic mass is 9.98. The average Bonchev–Trinajstić information content (AvgIpc) is 2.58. The van der Waals surface area contributed by atoms with Crippen LogP contribution < -0.4 is 25.8 Å². The first-order valence-corrected chi connectivity index (χ1v) is 8.37. The van der Waals surface area contributed by atoms with Crippen molar-refractivity contribution in [2.24, 2.45) is 5.92 Å². The summed E-state index contributed by atoms with van der Waals surface area (Å²) in [5, 5.41) is 6.71. The highest BCUT2D eigenvalue weighted by atomic mass is 35.5. The van der Waals surface area contributed by atoms with Crippen LogP contribution >= 0.6 is 11.6 Å². The second-order valence-corrected chi connectivity index (χ2v) is 6.37. The predicted molar refractivity (Wildman–Crippen MR) is 89.2 cm³/mol. The minimum atomic E-state index is -0.0410. The van der Waals surface area contributed by atoms with Crippen molar-refractivity contribution in [2.45, 2.75) is 19.3 Å². The summed E-state index contributed by atoms with van der Waals surface area (Å²) in [6.45, 7) is 3.62. The highest BCUT2D eigenvalue weighted by molar-refractivity contribution is 6.33. The van der Waals surface area contributed by atoms with Crippen molar-refractivity contribution in [1.82, 2.24) is 10.6 Å². The van der Waals surface area contributed by atoms with Gasteiger partial charge in [-0.05, 0) is 37.9 Å². The summed E-state index contributed by atoms with van der Waals surface area (Å²) in [5.74, 6) is 1.49. The van der Waals surface area contributed by atoms with E-state index in [0.29, 0.717) is 53.4 Å². The zero-order chi connectivity index (χ0) is 16.2. The molecule has 126 valence electrons. The van der Waals surface area contributed by atoms with Gasteiger partial charge in [-0.1, -0.05) is 11.6 Å². The monoisotopic (exact) mass is 339 g/mol. The molecule has 4 N–H and O–H groups in total. The molecule has 0 atom stereocenters. The van der Waals surface area contributed by atoms with Crippen molar-refractivity contribution < 1.29 is 14.3 Å². The van der Waals surface area contributed by atoms with E-state index in [-0.39, 0.29) is 12.3 Å². The molecule has 3 rings (SSSR count). The minimum Gasteiger partial charge on any atom is -0.486 e. The summed E-state index contributed by atoms with van der Waals surface area (Å²) >= 11 is 6.13. The van der Waals surface area contributed by atoms with E-state index >= 15 is 0 Å². The lowest BCUT2D eigenvalue weighted by Gasteiger charge is -2.24. The van der Waals surface area contributed by atoms with Crippen LogP contribution in [0.1, 0.15) is 18.4 Å². The number of anilines is 1. The van der Waals surface area contributed by atoms with Gasteiger partial charge in [0.25, 0.3) is 0 Å². The number of benzene rings is 1. The maximum absolute atomic E-state index is 12.2. The number of amides is 1. The highest BCUT2D eigenvalue weighted by Crippen LogP contribution is 2.43. The van der Waals surface area contributed by atoms with Crippen molar-refractivity contribution in [3.05, 3.63) is 16.7 Å². The van der Waals surface area contributed by atoms with Gasteiger partial charge < -0.3 is 25.8 Å². The van der Waals surface area contributed by atoms with Crippen molar-refractivity contribution >= 4 is 23.2 Å². The van der Waals surface area contributed by atoms with E-state index in [4.69, 9.17) is 26.8 Å². The van der Waals surface area contributed by atoms with E-state index < -0.39 is 0 Å². The normalized spacial score (nSPS) is 17.8. The number of halogens is 1. The Hall–Kier alpha value is -1.66. The Morgan fingerprint density at radius 2 is 2.00 bits per heavy atom. The molecule has 1 fully saturated rings. The van der Waals surface area contributed by atoms with E-state index in [1.165, 1.54) is 0 Å². The smallest absolute Gasteiger partial charge is 0.224 e. The van der Waals surface area contributed by atoms with Gasteiger partial charge in [0.1, 0.15) is 13.2 Å². The lowest BCUT2D eigenvalue weighted by molar-refractivity contribution is -0.120. The van der Waals surface area contributed by atoms with Gasteiger partial charge >= 0.3 is 0 Å². The van der Waals surface area contributed by atoms with Gasteiger partial charge in [-0.3, -0.25) is 4.79 Å². The number of nitrogens with two attached hydrogens (primary N) is 1. The molecule has 0 aliphatic carbocycles. The molecule has 2 heterocycles. The fourth-order valence-electron chi connectivity index (χ4n) is 2.97. The molecular formula is C16H22ClN3O3. The van der Waals surface area contributed by atoms with Crippen LogP contribution in [0.2, 0.25) is 5.02 Å². The summed E-state index contributed by atoms with van der Waals surface area (Å²) in [4.78, 5) is 12.2. The molecule has 0 unspecified atom stereocenters. The number of nitrogen functional groups attached to an aromatic ring is 1. The summed E-state index contributed by atoms with van der Waals surface area (Å²) in [7, 11) is 0. The second-order valence-electron chi connectivity index (χ2n) is 5.96. The zero-order valence-corrected chi connectivity index (χ0v) is 13.7. The number of nitrogens with one attached hydrogen (secondary N) is 2. The van der Waals surface area contributed by atoms with E-state index in [1.807, 2.05) is 0 Å². The summed E-state index contributed by atoms with van der Waals surface area (Å²) in [5.41, 5.74) is 6.99. The first-order chi connectivity index (χ1) is 11.1. The van der Waals surface area contributed by atoms with E-state index in [0.717, 1.165) is 25.9 Å². The number of rotatable bonds is 4. The molecule has 6 nitrogen and oxygen atoms in total. The maximum atomic E-state index is 12.2. The minimum absolute atomic E-state index is 0.0410. The van der Waals surface area contributed by atoms with Crippen LogP contribution in [0, 0.1) is 5.92 Å². The number of hydrogen-bond donors (Lipinski definition) is 3. The van der Waals surface area contributed by atoms with Gasteiger partial charge in [-0.25, -0.2) is 0 Å². The Bertz CT molecular complexity index is 588. The van der Waals surface area contributed by atoms with Crippen molar-refractivity contribution in [3.63, 3.8) is 0 Å². The summed E-state index contributed by atoms with van der Waals surface area (Å²) in [6.07, 6.45) is 2.40. The topological polar surface area (TPSA) is 85.6 Å². The van der Waals surface area contributed by atoms with Gasteiger partial charge in [-0.2, -0.15) is 0 Å². The maximum Gasteiger partial charge on any atom is 0.224 e. The molecule has 23 heavy (non-hydrogen) atoms. The van der Waals surface area contributed by atoms with Crippen molar-refractivity contribution in [1.29, 1.82) is 0 Å². The number of hydrogen-bond acceptors (Lipinski definition) is 5. The van der Waals surface area contributed by atoms with E-state index in [9.17, 15) is 4.79 Å². The van der Waals surface area contributed by atoms with Crippen LogP contribution in [-0.2, 0) is 11.2 Å². The standard InChI is InChI=1S/C16H22ClN3O3/c17-12-7-11(15-16(14(12)18)23-6-5-22-15)8-13(21)20-9-10-1-3-19-4-2-10/h7,10,19H,1-6,8-9,18H2,(H,20,21). The number of carbonyl (C=O) groups is 1. The summed E-state index contributed by atoms with van der Waals surface area (Å²) in [6, 6.07) is 1.69. The molecule has 2 aliphatic heterocycles. The first-order valence-electron chi connectivity index (χ1n) is 7.99. The van der Waals surface area contributed by atoms with Crippen LogP contribution in [0.15, 0.2) is 6.07 Å². The Balaban J connectivity index is 1.65. The van der Waals surface area contributed by atoms with Crippen LogP contribution in [0.25, 0.3) is 0 Å². The first kappa shape index (κ1) is 16.2. The van der Waals surface area contributed by atoms with Gasteiger partial charge in [0.05, 0.1) is 17.1 Å². The molecule has 7 heteroatoms. The highest BCUT2D eigenvalue weighted by Gasteiger charge is 2.23. The third kappa shape index (κ3) is 3.82. The summed E-state index contributed by atoms with van der Waals surface area (Å²) < 4.78 is 11.2. The molecule has 1 amide bonds. The number of fused-ring (bicyclic) bond motifs is 1. The van der Waals surface area contributed by atoms with Gasteiger partial charge in [0.2, 0.25) is 5.91 Å². The number of piperidine rings is 1. The molecule has 1 aromatic rings. The number of ether oxygens (including phenoxy) is 2. The lowest BCUT2D eigenvalue weighted by Crippen LogP contribution is -2.36. The Morgan fingerprint density at radius 3 is 2.74 bits per heavy atom. The Labute approximate surface area is 140 Å². The fourth-order valence-corrected chi connectivity index (χ4v) is 3.19. The van der Waals surface area contributed by atoms with Crippen molar-refractivity contribution in [3.8, 4) is 11.5 Å². The van der Waals surface area contributed by atoms with E-state index in [1.54, 1.807) is 6.07 Å². The van der Waals surface area contributed by atoms with E-state index in [2.05, 4.69) is 10.6 Å². The van der Waals surface area contributed by atoms with Crippen LogP contribution in [0.4, 0.5) is 5.69 Å². The van der Waals surface area contributed by atoms with Crippen LogP contribution in [0.3, 0.4) is 0 Å². The molecule has 2 aliphatic rings. The second kappa shape index (κ2) is 7.27. The van der Waals surface area contributed by atoms with Gasteiger partial charge in [-0.15, -0.1) is 0 Å². The zero-order valence-electron chi connectivity index (χ0n) is 13.0. The fraction of sp³-hybridized carbons (Fsp3) is 0.562. The van der Waals surface area contributed by atoms with Crippen molar-refractivity contribution in [2.75, 3.05) is 38.6 Å². The molecule has 0 saturated carbocycles. The van der Waals surface area contributed by atoms with Crippen LogP contribution in [0.5, 0.6) is 11.5 Å². The SMILES string of the molecule is Nc1c(Cl)cc(CC(=O)NCC2CCNCC2)c2c1OCCO2. The quantitative estimate of drug-likeness (QED) is 0.721. The molecule has 0 aromatic heterocycles. The third-order valence-electron chi connectivity index (χ3n) is 4.27. The van der Waals surface area contributed by atoms with Crippen LogP contribution in [-0.4, -0.2) is 38.8 Å². The molecule has 0 spiro atoms. The third-order valence-corrected chi connectivity index (χ3v) is 4.59. The Kier molecular flexibility index (Phi) is 5.13. The van der Waals surface area contributed by atoms with Gasteiger partial charge in [0, 0.05) is 12.1 Å². The molecule has 1 aromatic carbocycles. The molecular weight excluding hydrogens is 318 g/mol. The Morgan fingerprint density at radius 1 is 1.30 bits per heavy atom. The van der Waals surface area contributed by atoms with Gasteiger partial charge in [0.15, 0.2) is 11.5 Å². The predicted octanol–water partition coefficient (Wildman–Crippen LogP) is 1.35. The molecule has 1 saturated heterocycles. The number of carbonyl (C=O) groups excluding carboxylic acids is 1. The molecule has 0 bridgehead atoms. The average molecular weight is 340 g/mol. The largest absolute Gasteiger partial charge is 0.486 e. The molecule has 0 radical (unpaired) electrons.